The van der Waals surface area contributed by atoms with Crippen molar-refractivity contribution in [2.24, 2.45) is 5.41 Å². The number of amides is 1. The lowest BCUT2D eigenvalue weighted by molar-refractivity contribution is -0.136. The number of thioether (sulfide) groups is 1. The maximum absolute atomic E-state index is 12.8. The fourth-order valence-corrected chi connectivity index (χ4v) is 6.03. The van der Waals surface area contributed by atoms with Crippen molar-refractivity contribution in [1.82, 2.24) is 19.8 Å². The van der Waals surface area contributed by atoms with Crippen molar-refractivity contribution in [1.29, 1.82) is 0 Å². The molecule has 0 radical (unpaired) electrons. The topological polar surface area (TPSA) is 61.8 Å². The molecular weight excluding hydrogens is 434 g/mol. The minimum Gasteiger partial charge on any atom is -0.446 e. The van der Waals surface area contributed by atoms with Crippen molar-refractivity contribution in [3.05, 3.63) is 48.3 Å². The van der Waals surface area contributed by atoms with Crippen LogP contribution in [-0.2, 0) is 11.3 Å². The number of hydrogen-bond donors (Lipinski definition) is 0. The molecule has 1 atom stereocenters. The van der Waals surface area contributed by atoms with Crippen LogP contribution in [0.15, 0.2) is 47.6 Å². The predicted octanol–water partition coefficient (Wildman–Crippen LogP) is 3.90. The van der Waals surface area contributed by atoms with Crippen LogP contribution in [-0.4, -0.2) is 76.5 Å². The van der Waals surface area contributed by atoms with E-state index in [1.165, 1.54) is 5.56 Å². The van der Waals surface area contributed by atoms with Gasteiger partial charge in [0, 0.05) is 68.0 Å². The maximum atomic E-state index is 12.8. The molecule has 7 nitrogen and oxygen atoms in total. The van der Waals surface area contributed by atoms with Crippen LogP contribution in [0.2, 0.25) is 0 Å². The predicted molar refractivity (Wildman–Crippen MR) is 130 cm³/mol. The highest BCUT2D eigenvalue weighted by Gasteiger charge is 2.53. The molecule has 1 unspecified atom stereocenters. The Morgan fingerprint density at radius 3 is 2.55 bits per heavy atom. The molecule has 3 fully saturated rings. The molecule has 0 N–H and O–H groups in total. The zero-order valence-corrected chi connectivity index (χ0v) is 20.3. The Labute approximate surface area is 200 Å². The van der Waals surface area contributed by atoms with Gasteiger partial charge in [0.15, 0.2) is 0 Å². The van der Waals surface area contributed by atoms with Gasteiger partial charge in [0.2, 0.25) is 5.95 Å². The number of aromatic nitrogens is 2. The summed E-state index contributed by atoms with van der Waals surface area (Å²) >= 11 is 1.74. The summed E-state index contributed by atoms with van der Waals surface area (Å²) in [5.74, 6) is 1.75. The van der Waals surface area contributed by atoms with E-state index < -0.39 is 0 Å². The van der Waals surface area contributed by atoms with Crippen LogP contribution in [0.4, 0.5) is 10.7 Å². The van der Waals surface area contributed by atoms with Crippen LogP contribution in [0.3, 0.4) is 0 Å². The van der Waals surface area contributed by atoms with Crippen LogP contribution in [0.1, 0.15) is 32.3 Å². The van der Waals surface area contributed by atoms with Gasteiger partial charge in [0.1, 0.15) is 6.10 Å². The van der Waals surface area contributed by atoms with E-state index >= 15 is 0 Å². The van der Waals surface area contributed by atoms with Gasteiger partial charge in [-0.25, -0.2) is 14.8 Å². The van der Waals surface area contributed by atoms with Gasteiger partial charge in [-0.3, -0.25) is 4.90 Å². The van der Waals surface area contributed by atoms with E-state index in [1.54, 1.807) is 11.8 Å². The first-order valence-corrected chi connectivity index (χ1v) is 13.0. The third-order valence-electron chi connectivity index (χ3n) is 7.02. The molecule has 1 aliphatic carbocycles. The number of benzene rings is 1. The van der Waals surface area contributed by atoms with Crippen LogP contribution in [0, 0.1) is 5.41 Å². The molecule has 1 spiro atoms. The molecule has 1 amide bonds. The molecule has 1 aromatic heterocycles. The summed E-state index contributed by atoms with van der Waals surface area (Å²) in [6.07, 6.45) is 5.66. The Balaban J connectivity index is 1.05. The summed E-state index contributed by atoms with van der Waals surface area (Å²) in [5, 5.41) is 0. The van der Waals surface area contributed by atoms with Gasteiger partial charge in [-0.1, -0.05) is 37.3 Å². The van der Waals surface area contributed by atoms with Gasteiger partial charge >= 0.3 is 6.09 Å². The molecule has 5 rings (SSSR count). The third-order valence-corrected chi connectivity index (χ3v) is 7.86. The van der Waals surface area contributed by atoms with E-state index in [2.05, 4.69) is 63.9 Å². The van der Waals surface area contributed by atoms with Crippen LogP contribution >= 0.6 is 11.8 Å². The second-order valence-corrected chi connectivity index (χ2v) is 11.0. The lowest BCUT2D eigenvalue weighted by atomic mass is 9.61. The van der Waals surface area contributed by atoms with E-state index in [0.717, 1.165) is 55.6 Å². The van der Waals surface area contributed by atoms with Crippen molar-refractivity contribution in [2.75, 3.05) is 43.4 Å². The number of likely N-dealkylation sites (tertiary alicyclic amines) is 1. The van der Waals surface area contributed by atoms with Crippen molar-refractivity contribution < 1.29 is 9.53 Å². The number of carbonyl (C=O) groups is 1. The van der Waals surface area contributed by atoms with Gasteiger partial charge in [0.25, 0.3) is 0 Å². The summed E-state index contributed by atoms with van der Waals surface area (Å²) in [6.45, 7) is 9.47. The zero-order chi connectivity index (χ0) is 22.8. The van der Waals surface area contributed by atoms with Crippen molar-refractivity contribution in [3.63, 3.8) is 0 Å². The SMILES string of the molecule is CCSc1cnc(N2CCN(C(=O)OC3CC4(C3)CN(Cc3ccccc3)C4)CC2C)nc1. The fraction of sp³-hybridized carbons (Fsp3) is 0.560. The molecular formula is C25H33N5O2S. The molecule has 8 heteroatoms. The second-order valence-electron chi connectivity index (χ2n) is 9.68. The molecule has 2 saturated heterocycles. The standard InChI is InChI=1S/C25H33N5O2S/c1-3-33-22-13-26-23(27-14-22)30-10-9-29(15-19(30)2)24(31)32-21-11-25(12-21)17-28(18-25)16-20-7-5-4-6-8-20/h4-8,13-14,19,21H,3,9-12,15-18H2,1-2H3. The Morgan fingerprint density at radius 1 is 1.15 bits per heavy atom. The Morgan fingerprint density at radius 2 is 1.88 bits per heavy atom. The van der Waals surface area contributed by atoms with Gasteiger partial charge in [-0.2, -0.15) is 0 Å². The Bertz CT molecular complexity index is 943. The van der Waals surface area contributed by atoms with E-state index in [-0.39, 0.29) is 18.2 Å². The normalized spacial score (nSPS) is 22.7. The lowest BCUT2D eigenvalue weighted by Crippen LogP contribution is -2.64. The van der Waals surface area contributed by atoms with Crippen LogP contribution < -0.4 is 4.90 Å². The summed E-state index contributed by atoms with van der Waals surface area (Å²) in [5.41, 5.74) is 1.73. The highest BCUT2D eigenvalue weighted by Crippen LogP contribution is 2.50. The molecule has 2 aromatic rings. The Hall–Kier alpha value is -2.32. The first kappa shape index (κ1) is 22.5. The lowest BCUT2D eigenvalue weighted by Gasteiger charge is -2.58. The van der Waals surface area contributed by atoms with Crippen LogP contribution in [0.5, 0.6) is 0 Å². The second kappa shape index (κ2) is 9.50. The maximum Gasteiger partial charge on any atom is 0.410 e. The van der Waals surface area contributed by atoms with E-state index in [0.29, 0.717) is 18.5 Å². The first-order chi connectivity index (χ1) is 16.0. The fourth-order valence-electron chi connectivity index (χ4n) is 5.44. The highest BCUT2D eigenvalue weighted by molar-refractivity contribution is 7.99. The van der Waals surface area contributed by atoms with Gasteiger partial charge in [-0.05, 0) is 31.1 Å². The third kappa shape index (κ3) is 4.96. The zero-order valence-electron chi connectivity index (χ0n) is 19.5. The average Bonchev–Trinajstić information content (AvgIpc) is 2.77. The minimum absolute atomic E-state index is 0.0663. The molecule has 3 aliphatic rings. The monoisotopic (exact) mass is 467 g/mol. The van der Waals surface area contributed by atoms with Crippen molar-refractivity contribution in [3.8, 4) is 0 Å². The van der Waals surface area contributed by atoms with E-state index in [1.807, 2.05) is 17.3 Å². The number of ether oxygens (including phenoxy) is 1. The number of nitrogens with zero attached hydrogens (tertiary/aromatic N) is 5. The highest BCUT2D eigenvalue weighted by atomic mass is 32.2. The van der Waals surface area contributed by atoms with Crippen molar-refractivity contribution in [2.45, 2.75) is 50.3 Å². The molecule has 33 heavy (non-hydrogen) atoms. The van der Waals surface area contributed by atoms with Crippen LogP contribution in [0.25, 0.3) is 0 Å². The summed E-state index contributed by atoms with van der Waals surface area (Å²) in [4.78, 5) is 29.4. The molecule has 3 heterocycles. The first-order valence-electron chi connectivity index (χ1n) is 12.0. The van der Waals surface area contributed by atoms with Gasteiger partial charge < -0.3 is 14.5 Å². The number of piperazine rings is 1. The average molecular weight is 468 g/mol. The number of carbonyl (C=O) groups excluding carboxylic acids is 1. The van der Waals surface area contributed by atoms with E-state index in [9.17, 15) is 4.79 Å². The molecule has 1 saturated carbocycles. The molecule has 176 valence electrons. The van der Waals surface area contributed by atoms with Gasteiger partial charge in [0.05, 0.1) is 0 Å². The molecule has 0 bridgehead atoms. The number of rotatable bonds is 6. The Kier molecular flexibility index (Phi) is 6.47. The number of anilines is 1. The minimum atomic E-state index is -0.169. The molecule has 1 aromatic carbocycles. The largest absolute Gasteiger partial charge is 0.446 e. The summed E-state index contributed by atoms with van der Waals surface area (Å²) in [6, 6.07) is 10.8. The van der Waals surface area contributed by atoms with Gasteiger partial charge in [-0.15, -0.1) is 11.8 Å². The quantitative estimate of drug-likeness (QED) is 0.597. The van der Waals surface area contributed by atoms with Crippen molar-refractivity contribution >= 4 is 23.8 Å². The summed E-state index contributed by atoms with van der Waals surface area (Å²) in [7, 11) is 0. The molecule has 2 aliphatic heterocycles. The van der Waals surface area contributed by atoms with E-state index in [4.69, 9.17) is 4.74 Å². The smallest absolute Gasteiger partial charge is 0.410 e. The summed E-state index contributed by atoms with van der Waals surface area (Å²) < 4.78 is 5.86. The number of hydrogen-bond acceptors (Lipinski definition) is 7.